The van der Waals surface area contributed by atoms with Crippen LogP contribution in [0.15, 0.2) is 12.1 Å². The average molecular weight is 265 g/mol. The number of benzene rings is 1. The molecule has 4 heteroatoms. The zero-order valence-electron chi connectivity index (χ0n) is 12.2. The molecule has 1 aromatic carbocycles. The van der Waals surface area contributed by atoms with Gasteiger partial charge < -0.3 is 19.5 Å². The molecule has 2 rings (SSSR count). The van der Waals surface area contributed by atoms with Crippen LogP contribution in [0.5, 0.6) is 17.2 Å². The van der Waals surface area contributed by atoms with Crippen molar-refractivity contribution >= 4 is 0 Å². The summed E-state index contributed by atoms with van der Waals surface area (Å²) in [4.78, 5) is 0. The summed E-state index contributed by atoms with van der Waals surface area (Å²) in [6.45, 7) is 0. The highest BCUT2D eigenvalue weighted by atomic mass is 16.5. The van der Waals surface area contributed by atoms with Crippen molar-refractivity contribution in [3.63, 3.8) is 0 Å². The SMILES string of the molecule is CNC(CC1CC1)c1cc(OC)c(OC)cc1OC. The maximum Gasteiger partial charge on any atom is 0.164 e. The van der Waals surface area contributed by atoms with Crippen LogP contribution in [-0.2, 0) is 0 Å². The summed E-state index contributed by atoms with van der Waals surface area (Å²) in [5.41, 5.74) is 1.13. The summed E-state index contributed by atoms with van der Waals surface area (Å²) >= 11 is 0. The van der Waals surface area contributed by atoms with E-state index in [1.165, 1.54) is 12.8 Å². The van der Waals surface area contributed by atoms with E-state index in [-0.39, 0.29) is 0 Å². The van der Waals surface area contributed by atoms with Crippen LogP contribution in [-0.4, -0.2) is 28.4 Å². The fraction of sp³-hybridized carbons (Fsp3) is 0.600. The number of hydrogen-bond acceptors (Lipinski definition) is 4. The summed E-state index contributed by atoms with van der Waals surface area (Å²) in [5, 5.41) is 3.38. The zero-order valence-corrected chi connectivity index (χ0v) is 12.2. The van der Waals surface area contributed by atoms with Gasteiger partial charge in [0.2, 0.25) is 0 Å². The van der Waals surface area contributed by atoms with E-state index in [4.69, 9.17) is 14.2 Å². The highest BCUT2D eigenvalue weighted by Crippen LogP contribution is 2.42. The molecule has 0 saturated heterocycles. The molecule has 106 valence electrons. The van der Waals surface area contributed by atoms with Crippen molar-refractivity contribution in [1.82, 2.24) is 5.32 Å². The summed E-state index contributed by atoms with van der Waals surface area (Å²) in [5.74, 6) is 3.13. The third kappa shape index (κ3) is 3.13. The molecule has 0 aromatic heterocycles. The highest BCUT2D eigenvalue weighted by Gasteiger charge is 2.27. The summed E-state index contributed by atoms with van der Waals surface area (Å²) < 4.78 is 16.2. The Balaban J connectivity index is 2.34. The fourth-order valence-electron chi connectivity index (χ4n) is 2.41. The summed E-state index contributed by atoms with van der Waals surface area (Å²) in [6.07, 6.45) is 3.82. The second-order valence-corrected chi connectivity index (χ2v) is 4.97. The van der Waals surface area contributed by atoms with Crippen LogP contribution in [0.4, 0.5) is 0 Å². The molecule has 1 fully saturated rings. The van der Waals surface area contributed by atoms with E-state index in [0.29, 0.717) is 11.8 Å². The van der Waals surface area contributed by atoms with Gasteiger partial charge in [0.1, 0.15) is 5.75 Å². The Morgan fingerprint density at radius 2 is 1.63 bits per heavy atom. The van der Waals surface area contributed by atoms with Gasteiger partial charge >= 0.3 is 0 Å². The quantitative estimate of drug-likeness (QED) is 0.823. The van der Waals surface area contributed by atoms with E-state index in [1.807, 2.05) is 19.2 Å². The highest BCUT2D eigenvalue weighted by molar-refractivity contribution is 5.51. The Morgan fingerprint density at radius 3 is 2.11 bits per heavy atom. The molecule has 1 atom stereocenters. The Bertz CT molecular complexity index is 430. The molecule has 0 bridgehead atoms. The number of rotatable bonds is 7. The lowest BCUT2D eigenvalue weighted by Gasteiger charge is -2.21. The van der Waals surface area contributed by atoms with Gasteiger partial charge in [-0.05, 0) is 25.5 Å². The molecule has 19 heavy (non-hydrogen) atoms. The molecule has 0 aliphatic heterocycles. The minimum Gasteiger partial charge on any atom is -0.496 e. The standard InChI is InChI=1S/C15H23NO3/c1-16-12(7-10-5-6-10)11-8-14(18-3)15(19-4)9-13(11)17-2/h8-10,12,16H,5-7H2,1-4H3. The molecule has 4 nitrogen and oxygen atoms in total. The number of hydrogen-bond donors (Lipinski definition) is 1. The van der Waals surface area contributed by atoms with Crippen LogP contribution < -0.4 is 19.5 Å². The Kier molecular flexibility index (Phi) is 4.53. The fourth-order valence-corrected chi connectivity index (χ4v) is 2.41. The van der Waals surface area contributed by atoms with Crippen molar-refractivity contribution in [1.29, 1.82) is 0 Å². The van der Waals surface area contributed by atoms with E-state index >= 15 is 0 Å². The molecular weight excluding hydrogens is 242 g/mol. The first-order valence-electron chi connectivity index (χ1n) is 6.70. The average Bonchev–Trinajstić information content (AvgIpc) is 3.27. The summed E-state index contributed by atoms with van der Waals surface area (Å²) in [7, 11) is 6.97. The zero-order chi connectivity index (χ0) is 13.8. The topological polar surface area (TPSA) is 39.7 Å². The lowest BCUT2D eigenvalue weighted by atomic mass is 9.99. The first kappa shape index (κ1) is 14.0. The van der Waals surface area contributed by atoms with Crippen molar-refractivity contribution in [2.75, 3.05) is 28.4 Å². The normalized spacial score (nSPS) is 16.0. The molecule has 1 aliphatic carbocycles. The van der Waals surface area contributed by atoms with Gasteiger partial charge in [-0.15, -0.1) is 0 Å². The van der Waals surface area contributed by atoms with Crippen LogP contribution in [0.2, 0.25) is 0 Å². The Hall–Kier alpha value is -1.42. The largest absolute Gasteiger partial charge is 0.496 e. The Labute approximate surface area is 115 Å². The van der Waals surface area contributed by atoms with Gasteiger partial charge in [0.05, 0.1) is 21.3 Å². The van der Waals surface area contributed by atoms with Crippen molar-refractivity contribution in [2.24, 2.45) is 5.92 Å². The van der Waals surface area contributed by atoms with Crippen LogP contribution >= 0.6 is 0 Å². The van der Waals surface area contributed by atoms with Gasteiger partial charge in [-0.25, -0.2) is 0 Å². The molecule has 1 aromatic rings. The van der Waals surface area contributed by atoms with Crippen molar-refractivity contribution < 1.29 is 14.2 Å². The van der Waals surface area contributed by atoms with Crippen LogP contribution in [0.25, 0.3) is 0 Å². The van der Waals surface area contributed by atoms with Gasteiger partial charge in [-0.2, -0.15) is 0 Å². The molecule has 0 heterocycles. The van der Waals surface area contributed by atoms with E-state index in [0.717, 1.165) is 29.4 Å². The van der Waals surface area contributed by atoms with E-state index in [9.17, 15) is 0 Å². The van der Waals surface area contributed by atoms with Crippen LogP contribution in [0.1, 0.15) is 30.9 Å². The minimum atomic E-state index is 0.294. The lowest BCUT2D eigenvalue weighted by Crippen LogP contribution is -2.18. The third-order valence-electron chi connectivity index (χ3n) is 3.73. The molecule has 0 amide bonds. The molecule has 0 spiro atoms. The predicted octanol–water partition coefficient (Wildman–Crippen LogP) is 2.77. The van der Waals surface area contributed by atoms with E-state index < -0.39 is 0 Å². The van der Waals surface area contributed by atoms with Crippen molar-refractivity contribution in [3.05, 3.63) is 17.7 Å². The smallest absolute Gasteiger partial charge is 0.164 e. The maximum absolute atomic E-state index is 5.50. The number of nitrogens with one attached hydrogen (secondary N) is 1. The lowest BCUT2D eigenvalue weighted by molar-refractivity contribution is 0.344. The minimum absolute atomic E-state index is 0.294. The molecule has 0 radical (unpaired) electrons. The van der Waals surface area contributed by atoms with Gasteiger partial charge in [0.15, 0.2) is 11.5 Å². The van der Waals surface area contributed by atoms with Gasteiger partial charge in [-0.1, -0.05) is 12.8 Å². The number of ether oxygens (including phenoxy) is 3. The van der Waals surface area contributed by atoms with Crippen molar-refractivity contribution in [2.45, 2.75) is 25.3 Å². The van der Waals surface area contributed by atoms with Crippen LogP contribution in [0, 0.1) is 5.92 Å². The molecule has 1 aliphatic rings. The molecular formula is C15H23NO3. The second-order valence-electron chi connectivity index (χ2n) is 4.97. The first-order valence-corrected chi connectivity index (χ1v) is 6.70. The molecule has 1 N–H and O–H groups in total. The first-order chi connectivity index (χ1) is 9.23. The Morgan fingerprint density at radius 1 is 1.05 bits per heavy atom. The summed E-state index contributed by atoms with van der Waals surface area (Å²) in [6, 6.07) is 4.20. The van der Waals surface area contributed by atoms with Crippen LogP contribution in [0.3, 0.4) is 0 Å². The molecule has 1 saturated carbocycles. The van der Waals surface area contributed by atoms with Crippen molar-refractivity contribution in [3.8, 4) is 17.2 Å². The van der Waals surface area contributed by atoms with Gasteiger partial charge in [0.25, 0.3) is 0 Å². The van der Waals surface area contributed by atoms with E-state index in [2.05, 4.69) is 5.32 Å². The molecule has 1 unspecified atom stereocenters. The number of methoxy groups -OCH3 is 3. The second kappa shape index (κ2) is 6.15. The van der Waals surface area contributed by atoms with Gasteiger partial charge in [-0.3, -0.25) is 0 Å². The monoisotopic (exact) mass is 265 g/mol. The van der Waals surface area contributed by atoms with E-state index in [1.54, 1.807) is 21.3 Å². The third-order valence-corrected chi connectivity index (χ3v) is 3.73. The predicted molar refractivity (Wildman–Crippen MR) is 75.2 cm³/mol. The van der Waals surface area contributed by atoms with Gasteiger partial charge in [0, 0.05) is 17.7 Å². The maximum atomic E-state index is 5.50.